The summed E-state index contributed by atoms with van der Waals surface area (Å²) < 4.78 is 5.22. The predicted octanol–water partition coefficient (Wildman–Crippen LogP) is 3.00. The first-order valence-corrected chi connectivity index (χ1v) is 4.95. The average Bonchev–Trinajstić information content (AvgIpc) is 2.10. The van der Waals surface area contributed by atoms with Crippen LogP contribution in [0.4, 0.5) is 0 Å². The molecule has 0 amide bonds. The van der Waals surface area contributed by atoms with Crippen LogP contribution in [0, 0.1) is 11.8 Å². The van der Waals surface area contributed by atoms with Crippen molar-refractivity contribution in [2.45, 2.75) is 46.0 Å². The molecule has 0 spiro atoms. The fourth-order valence-electron chi connectivity index (χ4n) is 0.870. The Balaban J connectivity index is 3.01. The molecular formula is C11H20O. The van der Waals surface area contributed by atoms with Crippen molar-refractivity contribution in [3.63, 3.8) is 0 Å². The molecule has 0 atom stereocenters. The summed E-state index contributed by atoms with van der Waals surface area (Å²) in [6.45, 7) is 5.76. The highest BCUT2D eigenvalue weighted by Crippen LogP contribution is 1.96. The molecule has 0 aromatic carbocycles. The molecule has 0 N–H and O–H groups in total. The Morgan fingerprint density at radius 3 is 2.50 bits per heavy atom. The molecule has 0 saturated carbocycles. The van der Waals surface area contributed by atoms with Gasteiger partial charge in [-0.3, -0.25) is 0 Å². The summed E-state index contributed by atoms with van der Waals surface area (Å²) in [5, 5.41) is 0. The fourth-order valence-corrected chi connectivity index (χ4v) is 0.870. The summed E-state index contributed by atoms with van der Waals surface area (Å²) in [6, 6.07) is 0. The third-order valence-corrected chi connectivity index (χ3v) is 1.55. The van der Waals surface area contributed by atoms with Gasteiger partial charge < -0.3 is 4.74 Å². The van der Waals surface area contributed by atoms with Crippen molar-refractivity contribution in [1.82, 2.24) is 0 Å². The lowest BCUT2D eigenvalue weighted by Gasteiger charge is -1.93. The molecule has 1 nitrogen and oxygen atoms in total. The molecule has 0 unspecified atom stereocenters. The lowest BCUT2D eigenvalue weighted by molar-refractivity contribution is 0.168. The lowest BCUT2D eigenvalue weighted by atomic mass is 10.2. The molecule has 0 heterocycles. The summed E-state index contributed by atoms with van der Waals surface area (Å²) in [4.78, 5) is 0. The SMILES string of the molecule is CCCCCC#CCOCCC. The van der Waals surface area contributed by atoms with Gasteiger partial charge in [0.2, 0.25) is 0 Å². The Morgan fingerprint density at radius 1 is 1.00 bits per heavy atom. The first kappa shape index (κ1) is 11.5. The minimum absolute atomic E-state index is 0.611. The van der Waals surface area contributed by atoms with Crippen molar-refractivity contribution in [3.05, 3.63) is 0 Å². The van der Waals surface area contributed by atoms with Crippen LogP contribution in [0.15, 0.2) is 0 Å². The first-order valence-electron chi connectivity index (χ1n) is 4.95. The minimum atomic E-state index is 0.611. The number of hydrogen-bond donors (Lipinski definition) is 0. The average molecular weight is 168 g/mol. The highest BCUT2D eigenvalue weighted by Gasteiger charge is 1.81. The maximum absolute atomic E-state index is 5.22. The standard InChI is InChI=1S/C11H20O/c1-3-5-6-7-8-9-11-12-10-4-2/h3-7,10-11H2,1-2H3. The lowest BCUT2D eigenvalue weighted by Crippen LogP contribution is -1.91. The fraction of sp³-hybridized carbons (Fsp3) is 0.818. The molecule has 0 bridgehead atoms. The highest BCUT2D eigenvalue weighted by molar-refractivity contribution is 4.98. The van der Waals surface area contributed by atoms with E-state index in [1.165, 1.54) is 19.3 Å². The monoisotopic (exact) mass is 168 g/mol. The van der Waals surface area contributed by atoms with Gasteiger partial charge in [-0.15, -0.1) is 5.92 Å². The normalized spacial score (nSPS) is 9.17. The Bertz CT molecular complexity index is 116. The van der Waals surface area contributed by atoms with Crippen molar-refractivity contribution in [2.24, 2.45) is 0 Å². The van der Waals surface area contributed by atoms with Crippen LogP contribution in [-0.4, -0.2) is 13.2 Å². The summed E-state index contributed by atoms with van der Waals surface area (Å²) in [7, 11) is 0. The van der Waals surface area contributed by atoms with E-state index in [4.69, 9.17) is 4.74 Å². The first-order chi connectivity index (χ1) is 5.91. The Labute approximate surface area is 76.5 Å². The number of hydrogen-bond acceptors (Lipinski definition) is 1. The van der Waals surface area contributed by atoms with Gasteiger partial charge in [0.1, 0.15) is 6.61 Å². The van der Waals surface area contributed by atoms with E-state index in [1.807, 2.05) is 0 Å². The molecule has 0 aliphatic rings. The van der Waals surface area contributed by atoms with Crippen LogP contribution in [0.2, 0.25) is 0 Å². The van der Waals surface area contributed by atoms with Gasteiger partial charge in [0, 0.05) is 13.0 Å². The summed E-state index contributed by atoms with van der Waals surface area (Å²) in [5.41, 5.74) is 0. The van der Waals surface area contributed by atoms with Gasteiger partial charge in [0.05, 0.1) is 0 Å². The largest absolute Gasteiger partial charge is 0.369 e. The van der Waals surface area contributed by atoms with Gasteiger partial charge >= 0.3 is 0 Å². The molecule has 0 aromatic heterocycles. The van der Waals surface area contributed by atoms with Crippen molar-refractivity contribution < 1.29 is 4.74 Å². The van der Waals surface area contributed by atoms with Gasteiger partial charge in [0.15, 0.2) is 0 Å². The predicted molar refractivity (Wildman–Crippen MR) is 53.0 cm³/mol. The van der Waals surface area contributed by atoms with Crippen molar-refractivity contribution in [3.8, 4) is 11.8 Å². The van der Waals surface area contributed by atoms with E-state index in [9.17, 15) is 0 Å². The van der Waals surface area contributed by atoms with Gasteiger partial charge in [-0.25, -0.2) is 0 Å². The molecule has 0 rings (SSSR count). The van der Waals surface area contributed by atoms with Crippen molar-refractivity contribution >= 4 is 0 Å². The molecule has 0 aliphatic carbocycles. The maximum atomic E-state index is 5.22. The zero-order valence-electron chi connectivity index (χ0n) is 8.36. The van der Waals surface area contributed by atoms with Crippen LogP contribution in [0.25, 0.3) is 0 Å². The molecule has 0 fully saturated rings. The topological polar surface area (TPSA) is 9.23 Å². The summed E-state index contributed by atoms with van der Waals surface area (Å²) >= 11 is 0. The minimum Gasteiger partial charge on any atom is -0.369 e. The van der Waals surface area contributed by atoms with Crippen LogP contribution in [0.1, 0.15) is 46.0 Å². The maximum Gasteiger partial charge on any atom is 0.107 e. The van der Waals surface area contributed by atoms with E-state index in [0.717, 1.165) is 19.4 Å². The van der Waals surface area contributed by atoms with E-state index in [1.54, 1.807) is 0 Å². The second-order valence-corrected chi connectivity index (χ2v) is 2.86. The molecule has 0 radical (unpaired) electrons. The van der Waals surface area contributed by atoms with Gasteiger partial charge in [0.25, 0.3) is 0 Å². The summed E-state index contributed by atoms with van der Waals surface area (Å²) in [6.07, 6.45) is 5.91. The summed E-state index contributed by atoms with van der Waals surface area (Å²) in [5.74, 6) is 6.11. The van der Waals surface area contributed by atoms with E-state index in [2.05, 4.69) is 25.7 Å². The molecule has 0 aliphatic heterocycles. The Morgan fingerprint density at radius 2 is 1.83 bits per heavy atom. The van der Waals surface area contributed by atoms with Crippen LogP contribution >= 0.6 is 0 Å². The van der Waals surface area contributed by atoms with Crippen LogP contribution in [0.3, 0.4) is 0 Å². The third-order valence-electron chi connectivity index (χ3n) is 1.55. The second kappa shape index (κ2) is 10.5. The number of ether oxygens (including phenoxy) is 1. The molecule has 0 aromatic rings. The van der Waals surface area contributed by atoms with Crippen molar-refractivity contribution in [2.75, 3.05) is 13.2 Å². The van der Waals surface area contributed by atoms with Gasteiger partial charge in [-0.2, -0.15) is 0 Å². The highest BCUT2D eigenvalue weighted by atomic mass is 16.5. The molecule has 1 heteroatoms. The molecule has 70 valence electrons. The Kier molecular flexibility index (Phi) is 10.1. The van der Waals surface area contributed by atoms with Crippen LogP contribution in [-0.2, 0) is 4.74 Å². The quantitative estimate of drug-likeness (QED) is 0.437. The van der Waals surface area contributed by atoms with Crippen LogP contribution < -0.4 is 0 Å². The second-order valence-electron chi connectivity index (χ2n) is 2.86. The molecule has 0 saturated heterocycles. The third kappa shape index (κ3) is 9.52. The van der Waals surface area contributed by atoms with E-state index in [-0.39, 0.29) is 0 Å². The molecular weight excluding hydrogens is 148 g/mol. The van der Waals surface area contributed by atoms with E-state index < -0.39 is 0 Å². The molecule has 12 heavy (non-hydrogen) atoms. The van der Waals surface area contributed by atoms with Gasteiger partial charge in [-0.05, 0) is 12.8 Å². The number of unbranched alkanes of at least 4 members (excludes halogenated alkanes) is 3. The number of rotatable bonds is 6. The van der Waals surface area contributed by atoms with Gasteiger partial charge in [-0.1, -0.05) is 32.6 Å². The van der Waals surface area contributed by atoms with Crippen LogP contribution in [0.5, 0.6) is 0 Å². The zero-order chi connectivity index (χ0) is 9.07. The van der Waals surface area contributed by atoms with Crippen molar-refractivity contribution in [1.29, 1.82) is 0 Å². The Hall–Kier alpha value is -0.480. The zero-order valence-corrected chi connectivity index (χ0v) is 8.36. The smallest absolute Gasteiger partial charge is 0.107 e. The van der Waals surface area contributed by atoms with E-state index in [0.29, 0.717) is 6.61 Å². The van der Waals surface area contributed by atoms with E-state index >= 15 is 0 Å².